The zero-order valence-corrected chi connectivity index (χ0v) is 11.4. The summed E-state index contributed by atoms with van der Waals surface area (Å²) in [6.07, 6.45) is -0.474. The first-order chi connectivity index (χ1) is 9.06. The van der Waals surface area contributed by atoms with Crippen LogP contribution in [0.4, 0.5) is 10.5 Å². The normalized spacial score (nSPS) is 10.1. The Kier molecular flexibility index (Phi) is 3.85. The van der Waals surface area contributed by atoms with Crippen molar-refractivity contribution in [2.45, 2.75) is 20.8 Å². The summed E-state index contributed by atoms with van der Waals surface area (Å²) in [4.78, 5) is 11.8. The zero-order valence-electron chi connectivity index (χ0n) is 11.4. The van der Waals surface area contributed by atoms with Gasteiger partial charge in [-0.2, -0.15) is 0 Å². The SMILES string of the molecule is Cc1cc(C)c(OC(=O)Nc2ccccc2)cc1C. The standard InChI is InChI=1S/C16H17NO2/c1-11-9-13(3)15(10-12(11)2)19-16(18)17-14-7-5-4-6-8-14/h4-10H,1-3H3,(H,17,18). The van der Waals surface area contributed by atoms with Crippen LogP contribution < -0.4 is 10.1 Å². The van der Waals surface area contributed by atoms with E-state index in [-0.39, 0.29) is 0 Å². The highest BCUT2D eigenvalue weighted by molar-refractivity contribution is 5.86. The first kappa shape index (κ1) is 13.1. The van der Waals surface area contributed by atoms with Gasteiger partial charge in [0.2, 0.25) is 0 Å². The minimum atomic E-state index is -0.474. The molecule has 1 N–H and O–H groups in total. The maximum absolute atomic E-state index is 11.8. The Hall–Kier alpha value is -2.29. The van der Waals surface area contributed by atoms with Crippen molar-refractivity contribution in [2.75, 3.05) is 5.32 Å². The smallest absolute Gasteiger partial charge is 0.410 e. The molecule has 0 bridgehead atoms. The maximum atomic E-state index is 11.8. The molecule has 0 aromatic heterocycles. The Labute approximate surface area is 113 Å². The predicted molar refractivity (Wildman–Crippen MR) is 76.7 cm³/mol. The van der Waals surface area contributed by atoms with Gasteiger partial charge in [0.05, 0.1) is 0 Å². The molecular weight excluding hydrogens is 238 g/mol. The van der Waals surface area contributed by atoms with Crippen molar-refractivity contribution in [1.29, 1.82) is 0 Å². The molecule has 2 aromatic rings. The molecule has 0 aliphatic heterocycles. The molecule has 2 rings (SSSR count). The van der Waals surface area contributed by atoms with Crippen LogP contribution in [0.15, 0.2) is 42.5 Å². The molecule has 0 saturated heterocycles. The van der Waals surface area contributed by atoms with Crippen LogP contribution in [0.1, 0.15) is 16.7 Å². The number of hydrogen-bond acceptors (Lipinski definition) is 2. The molecule has 2 aromatic carbocycles. The number of carbonyl (C=O) groups is 1. The van der Waals surface area contributed by atoms with Gasteiger partial charge in [0.15, 0.2) is 0 Å². The lowest BCUT2D eigenvalue weighted by molar-refractivity contribution is 0.215. The van der Waals surface area contributed by atoms with Crippen LogP contribution in [0.5, 0.6) is 5.75 Å². The summed E-state index contributed by atoms with van der Waals surface area (Å²) in [5, 5.41) is 2.69. The van der Waals surface area contributed by atoms with E-state index in [9.17, 15) is 4.79 Å². The van der Waals surface area contributed by atoms with E-state index in [1.54, 1.807) is 0 Å². The third-order valence-corrected chi connectivity index (χ3v) is 3.01. The number of nitrogens with one attached hydrogen (secondary N) is 1. The van der Waals surface area contributed by atoms with Gasteiger partial charge >= 0.3 is 6.09 Å². The van der Waals surface area contributed by atoms with E-state index in [0.717, 1.165) is 11.1 Å². The van der Waals surface area contributed by atoms with Crippen LogP contribution in [-0.2, 0) is 0 Å². The third kappa shape index (κ3) is 3.35. The first-order valence-corrected chi connectivity index (χ1v) is 6.18. The van der Waals surface area contributed by atoms with Gasteiger partial charge in [-0.05, 0) is 55.7 Å². The molecule has 19 heavy (non-hydrogen) atoms. The lowest BCUT2D eigenvalue weighted by Gasteiger charge is -2.11. The number of carbonyl (C=O) groups excluding carboxylic acids is 1. The number of anilines is 1. The summed E-state index contributed by atoms with van der Waals surface area (Å²) in [5.74, 6) is 0.594. The molecule has 3 nitrogen and oxygen atoms in total. The highest BCUT2D eigenvalue weighted by atomic mass is 16.6. The summed E-state index contributed by atoms with van der Waals surface area (Å²) in [6, 6.07) is 13.1. The number of hydrogen-bond donors (Lipinski definition) is 1. The number of aryl methyl sites for hydroxylation is 3. The predicted octanol–water partition coefficient (Wildman–Crippen LogP) is 4.22. The molecule has 0 unspecified atom stereocenters. The highest BCUT2D eigenvalue weighted by Crippen LogP contribution is 2.22. The summed E-state index contributed by atoms with van der Waals surface area (Å²) in [6.45, 7) is 5.96. The van der Waals surface area contributed by atoms with Gasteiger partial charge in [-0.25, -0.2) is 4.79 Å². The van der Waals surface area contributed by atoms with Gasteiger partial charge < -0.3 is 4.74 Å². The van der Waals surface area contributed by atoms with Crippen molar-refractivity contribution in [3.63, 3.8) is 0 Å². The van der Waals surface area contributed by atoms with Crippen LogP contribution in [0.3, 0.4) is 0 Å². The van der Waals surface area contributed by atoms with Crippen molar-refractivity contribution in [2.24, 2.45) is 0 Å². The Balaban J connectivity index is 2.09. The molecule has 0 heterocycles. The highest BCUT2D eigenvalue weighted by Gasteiger charge is 2.08. The molecule has 3 heteroatoms. The summed E-state index contributed by atoms with van der Waals surface area (Å²) >= 11 is 0. The fraction of sp³-hybridized carbons (Fsp3) is 0.188. The van der Waals surface area contributed by atoms with Crippen molar-refractivity contribution in [1.82, 2.24) is 0 Å². The van der Waals surface area contributed by atoms with Crippen LogP contribution in [0.25, 0.3) is 0 Å². The van der Waals surface area contributed by atoms with Crippen LogP contribution in [0, 0.1) is 20.8 Å². The summed E-state index contributed by atoms with van der Waals surface area (Å²) in [7, 11) is 0. The number of para-hydroxylation sites is 1. The van der Waals surface area contributed by atoms with Crippen LogP contribution >= 0.6 is 0 Å². The topological polar surface area (TPSA) is 38.3 Å². The second-order valence-corrected chi connectivity index (χ2v) is 4.58. The molecule has 0 atom stereocenters. The number of rotatable bonds is 2. The molecule has 0 spiro atoms. The van der Waals surface area contributed by atoms with Crippen molar-refractivity contribution >= 4 is 11.8 Å². The molecule has 0 aliphatic rings. The van der Waals surface area contributed by atoms with Crippen molar-refractivity contribution < 1.29 is 9.53 Å². The number of benzene rings is 2. The van der Waals surface area contributed by atoms with Gasteiger partial charge in [0.1, 0.15) is 5.75 Å². The van der Waals surface area contributed by atoms with Gasteiger partial charge in [-0.3, -0.25) is 5.32 Å². The average Bonchev–Trinajstić information content (AvgIpc) is 2.37. The quantitative estimate of drug-likeness (QED) is 0.872. The van der Waals surface area contributed by atoms with E-state index in [1.807, 2.05) is 63.2 Å². The second-order valence-electron chi connectivity index (χ2n) is 4.58. The number of ether oxygens (including phenoxy) is 1. The van der Waals surface area contributed by atoms with E-state index in [1.165, 1.54) is 5.56 Å². The molecule has 98 valence electrons. The molecule has 0 fully saturated rings. The van der Waals surface area contributed by atoms with Gasteiger partial charge in [0, 0.05) is 5.69 Å². The van der Waals surface area contributed by atoms with Crippen molar-refractivity contribution in [3.8, 4) is 5.75 Å². The number of amides is 1. The van der Waals surface area contributed by atoms with E-state index in [0.29, 0.717) is 11.4 Å². The summed E-state index contributed by atoms with van der Waals surface area (Å²) in [5.41, 5.74) is 3.96. The monoisotopic (exact) mass is 255 g/mol. The molecule has 0 radical (unpaired) electrons. The first-order valence-electron chi connectivity index (χ1n) is 6.18. The molecule has 1 amide bonds. The van der Waals surface area contributed by atoms with E-state index >= 15 is 0 Å². The fourth-order valence-electron chi connectivity index (χ4n) is 1.81. The van der Waals surface area contributed by atoms with Gasteiger partial charge in [-0.1, -0.05) is 24.3 Å². The van der Waals surface area contributed by atoms with E-state index in [2.05, 4.69) is 5.32 Å². The Bertz CT molecular complexity index is 591. The lowest BCUT2D eigenvalue weighted by Crippen LogP contribution is -2.17. The van der Waals surface area contributed by atoms with Gasteiger partial charge in [-0.15, -0.1) is 0 Å². The van der Waals surface area contributed by atoms with Gasteiger partial charge in [0.25, 0.3) is 0 Å². The average molecular weight is 255 g/mol. The second kappa shape index (κ2) is 5.57. The Morgan fingerprint density at radius 2 is 1.58 bits per heavy atom. The van der Waals surface area contributed by atoms with Crippen LogP contribution in [0.2, 0.25) is 0 Å². The fourth-order valence-corrected chi connectivity index (χ4v) is 1.81. The third-order valence-electron chi connectivity index (χ3n) is 3.01. The molecular formula is C16H17NO2. The Morgan fingerprint density at radius 1 is 0.947 bits per heavy atom. The zero-order chi connectivity index (χ0) is 13.8. The van der Waals surface area contributed by atoms with Crippen molar-refractivity contribution in [3.05, 3.63) is 59.2 Å². The molecule has 0 saturated carbocycles. The Morgan fingerprint density at radius 3 is 2.26 bits per heavy atom. The minimum Gasteiger partial charge on any atom is -0.410 e. The minimum absolute atomic E-state index is 0.474. The van der Waals surface area contributed by atoms with E-state index < -0.39 is 6.09 Å². The summed E-state index contributed by atoms with van der Waals surface area (Å²) < 4.78 is 5.33. The molecule has 0 aliphatic carbocycles. The largest absolute Gasteiger partial charge is 0.417 e. The van der Waals surface area contributed by atoms with E-state index in [4.69, 9.17) is 4.74 Å². The maximum Gasteiger partial charge on any atom is 0.417 e. The van der Waals surface area contributed by atoms with Crippen LogP contribution in [-0.4, -0.2) is 6.09 Å². The lowest BCUT2D eigenvalue weighted by atomic mass is 10.1.